The minimum absolute atomic E-state index is 0.126. The number of ether oxygens (including phenoxy) is 1. The van der Waals surface area contributed by atoms with Gasteiger partial charge in [-0.15, -0.1) is 5.01 Å². The van der Waals surface area contributed by atoms with Crippen LogP contribution in [0.4, 0.5) is 13.2 Å². The number of aryl methyl sites for hydroxylation is 1. The van der Waals surface area contributed by atoms with Crippen molar-refractivity contribution in [3.8, 4) is 16.9 Å². The van der Waals surface area contributed by atoms with Gasteiger partial charge in [0, 0.05) is 5.56 Å². The first-order chi connectivity index (χ1) is 20.3. The fourth-order valence-corrected chi connectivity index (χ4v) is 4.56. The average molecular weight is 641 g/mol. The first-order valence-corrected chi connectivity index (χ1v) is 14.5. The summed E-state index contributed by atoms with van der Waals surface area (Å²) in [6.07, 6.45) is -4.72. The third kappa shape index (κ3) is 7.83. The van der Waals surface area contributed by atoms with Gasteiger partial charge in [0.2, 0.25) is 5.28 Å². The van der Waals surface area contributed by atoms with Crippen LogP contribution < -0.4 is 4.72 Å². The summed E-state index contributed by atoms with van der Waals surface area (Å²) in [5.74, 6) is -2.14. The van der Waals surface area contributed by atoms with Crippen molar-refractivity contribution >= 4 is 21.9 Å². The summed E-state index contributed by atoms with van der Waals surface area (Å²) in [5, 5.41) is 19.9. The van der Waals surface area contributed by atoms with Crippen molar-refractivity contribution in [3.63, 3.8) is 0 Å². The van der Waals surface area contributed by atoms with E-state index in [1.54, 1.807) is 38.1 Å². The minimum atomic E-state index is -4.72. The summed E-state index contributed by atoms with van der Waals surface area (Å²) in [7, 11) is -3.36. The van der Waals surface area contributed by atoms with E-state index in [1.807, 2.05) is 11.6 Å². The van der Waals surface area contributed by atoms with E-state index >= 15 is 0 Å². The van der Waals surface area contributed by atoms with Gasteiger partial charge < -0.3 is 14.8 Å². The highest BCUT2D eigenvalue weighted by Gasteiger charge is 2.41. The van der Waals surface area contributed by atoms with Gasteiger partial charge in [0.25, 0.3) is 22.7 Å². The molecule has 0 radical (unpaired) electrons. The molecule has 0 bridgehead atoms. The van der Waals surface area contributed by atoms with Gasteiger partial charge in [0.15, 0.2) is 11.2 Å². The second-order valence-corrected chi connectivity index (χ2v) is 12.1. The predicted molar refractivity (Wildman–Crippen MR) is 149 cm³/mol. The van der Waals surface area contributed by atoms with Crippen LogP contribution >= 0.6 is 0 Å². The Morgan fingerprint density at radius 2 is 1.70 bits per heavy atom. The predicted octanol–water partition coefficient (Wildman–Crippen LogP) is 4.35. The molecule has 13 nitrogen and oxygen atoms in total. The molecule has 1 N–H and O–H groups in total. The van der Waals surface area contributed by atoms with E-state index in [1.165, 1.54) is 26.0 Å². The van der Waals surface area contributed by atoms with E-state index < -0.39 is 52.0 Å². The van der Waals surface area contributed by atoms with Crippen LogP contribution in [0.3, 0.4) is 0 Å². The highest BCUT2D eigenvalue weighted by atomic mass is 32.2. The quantitative estimate of drug-likeness (QED) is 0.0803. The zero-order chi connectivity index (χ0) is 33.0. The number of benzene rings is 2. The van der Waals surface area contributed by atoms with Gasteiger partial charge in [-0.25, -0.2) is 17.8 Å². The van der Waals surface area contributed by atoms with Gasteiger partial charge in [-0.2, -0.15) is 18.3 Å². The number of amides is 1. The van der Waals surface area contributed by atoms with E-state index in [0.717, 1.165) is 40.5 Å². The molecule has 0 saturated carbocycles. The number of hydrazine groups is 1. The Hall–Kier alpha value is -4.67. The maximum atomic E-state index is 13.5. The Kier molecular flexibility index (Phi) is 9.92. The van der Waals surface area contributed by atoms with Gasteiger partial charge in [0.05, 0.1) is 34.2 Å². The van der Waals surface area contributed by atoms with E-state index in [0.29, 0.717) is 5.56 Å². The van der Waals surface area contributed by atoms with Crippen molar-refractivity contribution < 1.29 is 45.7 Å². The van der Waals surface area contributed by atoms with Crippen LogP contribution in [0, 0.1) is 18.0 Å². The van der Waals surface area contributed by atoms with Crippen molar-refractivity contribution in [1.29, 1.82) is 0 Å². The number of alkyl halides is 3. The lowest BCUT2D eigenvalue weighted by molar-refractivity contribution is -0.717. The zero-order valence-corrected chi connectivity index (χ0v) is 25.4. The van der Waals surface area contributed by atoms with Crippen molar-refractivity contribution in [2.45, 2.75) is 51.2 Å². The fourth-order valence-electron chi connectivity index (χ4n) is 3.46. The smallest absolute Gasteiger partial charge is 0.435 e. The molecule has 0 unspecified atom stereocenters. The summed E-state index contributed by atoms with van der Waals surface area (Å²) in [4.78, 5) is 28.5. The number of sulfonamides is 1. The molecule has 2 aromatic carbocycles. The molecule has 0 spiro atoms. The van der Waals surface area contributed by atoms with Crippen LogP contribution in [0.15, 0.2) is 64.8 Å². The Labute approximate surface area is 251 Å². The number of aromatic nitrogens is 2. The molecule has 17 heteroatoms. The zero-order valence-electron chi connectivity index (χ0n) is 24.6. The molecule has 44 heavy (non-hydrogen) atoms. The molecule has 1 heterocycles. The van der Waals surface area contributed by atoms with Crippen LogP contribution in [0.5, 0.6) is 0 Å². The largest absolute Gasteiger partial charge is 0.569 e. The molecular weight excluding hydrogens is 609 g/mol. The molecule has 238 valence electrons. The third-order valence-corrected chi connectivity index (χ3v) is 7.79. The van der Waals surface area contributed by atoms with E-state index in [2.05, 4.69) is 15.2 Å². The van der Waals surface area contributed by atoms with E-state index in [-0.39, 0.29) is 21.2 Å². The number of nitrogens with one attached hydrogen (secondary N) is 1. The lowest BCUT2D eigenvalue weighted by atomic mass is 10.1. The monoisotopic (exact) mass is 640 g/mol. The van der Waals surface area contributed by atoms with Gasteiger partial charge in [-0.1, -0.05) is 43.7 Å². The highest BCUT2D eigenvalue weighted by Crippen LogP contribution is 2.33. The van der Waals surface area contributed by atoms with Crippen LogP contribution in [0.25, 0.3) is 16.9 Å². The average Bonchev–Trinajstić information content (AvgIpc) is 3.41. The number of nitrogens with zero attached hydrogens (tertiary/aromatic N) is 5. The van der Waals surface area contributed by atoms with Crippen LogP contribution in [0.2, 0.25) is 0 Å². The minimum Gasteiger partial charge on any atom is -0.569 e. The SMILES string of the molecule is Cc1ccc(-c2cc(C(F)(F)F)nn2-c2ccc(S(=O)(=O)NC(=O)C(C)(C)N(C)[N+]([O-])=NOCOC(=O)C(C)C)cc2)cc1. The summed E-state index contributed by atoms with van der Waals surface area (Å²) in [6.45, 7) is 6.82. The number of hydrogen-bond donors (Lipinski definition) is 1. The highest BCUT2D eigenvalue weighted by molar-refractivity contribution is 7.90. The molecule has 1 aromatic heterocycles. The first kappa shape index (κ1) is 33.8. The lowest BCUT2D eigenvalue weighted by Crippen LogP contribution is -2.56. The van der Waals surface area contributed by atoms with Crippen LogP contribution in [0.1, 0.15) is 39.0 Å². The van der Waals surface area contributed by atoms with Crippen molar-refractivity contribution in [2.75, 3.05) is 13.8 Å². The molecular formula is C27H31F3N6O7S. The fraction of sp³-hybridized carbons (Fsp3) is 0.370. The van der Waals surface area contributed by atoms with Gasteiger partial charge >= 0.3 is 12.1 Å². The summed E-state index contributed by atoms with van der Waals surface area (Å²) in [6, 6.07) is 12.3. The Bertz CT molecular complexity index is 1640. The lowest BCUT2D eigenvalue weighted by Gasteiger charge is -2.29. The Morgan fingerprint density at radius 3 is 2.25 bits per heavy atom. The molecule has 0 saturated heterocycles. The number of rotatable bonds is 11. The molecule has 0 aliphatic rings. The number of esters is 1. The summed E-state index contributed by atoms with van der Waals surface area (Å²) < 4.78 is 74.1. The molecule has 3 rings (SSSR count). The first-order valence-electron chi connectivity index (χ1n) is 13.0. The normalized spacial score (nSPS) is 12.6. The van der Waals surface area contributed by atoms with Gasteiger partial charge in [-0.3, -0.25) is 9.59 Å². The molecule has 0 aliphatic carbocycles. The van der Waals surface area contributed by atoms with Crippen molar-refractivity contribution in [3.05, 3.63) is 71.1 Å². The molecule has 0 fully saturated rings. The Balaban J connectivity index is 1.79. The topological polar surface area (TPSA) is 158 Å². The Morgan fingerprint density at radius 1 is 1.11 bits per heavy atom. The van der Waals surface area contributed by atoms with E-state index in [4.69, 9.17) is 4.74 Å². The maximum Gasteiger partial charge on any atom is 0.435 e. The number of hydrogen-bond acceptors (Lipinski definition) is 9. The van der Waals surface area contributed by atoms with Crippen LogP contribution in [-0.4, -0.2) is 59.4 Å². The molecule has 0 atom stereocenters. The number of halogens is 3. The van der Waals surface area contributed by atoms with Gasteiger partial charge in [-0.05, 0) is 51.1 Å². The van der Waals surface area contributed by atoms with Crippen molar-refractivity contribution in [1.82, 2.24) is 19.5 Å². The van der Waals surface area contributed by atoms with Crippen LogP contribution in [-0.2, 0) is 35.4 Å². The second-order valence-electron chi connectivity index (χ2n) is 10.4. The number of carbonyl (C=O) groups excluding carboxylic acids is 2. The maximum absolute atomic E-state index is 13.5. The molecule has 3 aromatic rings. The summed E-state index contributed by atoms with van der Waals surface area (Å²) in [5.41, 5.74) is -1.32. The standard InChI is InChI=1S/C27H31F3N6O7S/c1-17(2)24(37)42-16-43-33-36(39)34(6)26(4,5)25(38)32-44(40,41)21-13-11-20(12-14-21)35-22(15-23(31-35)27(28,29)30)19-9-7-18(3)8-10-19/h7-15,17H,16H2,1-6H3,(H,32,38). The summed E-state index contributed by atoms with van der Waals surface area (Å²) >= 11 is 0. The van der Waals surface area contributed by atoms with Crippen molar-refractivity contribution in [2.24, 2.45) is 11.2 Å². The molecule has 0 aliphatic heterocycles. The van der Waals surface area contributed by atoms with E-state index in [9.17, 15) is 36.4 Å². The second kappa shape index (κ2) is 12.9. The number of carbonyl (C=O) groups is 2. The van der Waals surface area contributed by atoms with Gasteiger partial charge in [0.1, 0.15) is 0 Å². The number of likely N-dealkylation sites (N-methyl/N-ethyl adjacent to an activating group) is 1. The third-order valence-electron chi connectivity index (χ3n) is 6.44. The molecule has 1 amide bonds.